The molecular weight excluding hydrogens is 164 g/mol. The first-order chi connectivity index (χ1) is 5.03. The van der Waals surface area contributed by atoms with Gasteiger partial charge in [-0.05, 0) is 19.8 Å². The highest BCUT2D eigenvalue weighted by Gasteiger charge is 2.28. The smallest absolute Gasteiger partial charge is 0.211 e. The van der Waals surface area contributed by atoms with Gasteiger partial charge in [0.05, 0.1) is 5.75 Å². The summed E-state index contributed by atoms with van der Waals surface area (Å²) >= 11 is 0. The van der Waals surface area contributed by atoms with Crippen LogP contribution in [0.3, 0.4) is 0 Å². The molecule has 1 rings (SSSR count). The van der Waals surface area contributed by atoms with Gasteiger partial charge >= 0.3 is 0 Å². The molecule has 11 heavy (non-hydrogen) atoms. The number of hydrogen-bond acceptors (Lipinski definition) is 3. The topological polar surface area (TPSA) is 72.2 Å². The van der Waals surface area contributed by atoms with Crippen LogP contribution in [0, 0.1) is 0 Å². The van der Waals surface area contributed by atoms with Gasteiger partial charge in [-0.2, -0.15) is 0 Å². The van der Waals surface area contributed by atoms with Crippen LogP contribution in [-0.2, 0) is 10.0 Å². The fraction of sp³-hybridized carbons (Fsp3) is 1.00. The van der Waals surface area contributed by atoms with Gasteiger partial charge in [0.1, 0.15) is 0 Å². The molecule has 0 aromatic heterocycles. The number of rotatable bonds is 3. The van der Waals surface area contributed by atoms with E-state index in [1.54, 1.807) is 6.92 Å². The van der Waals surface area contributed by atoms with Crippen LogP contribution in [0.15, 0.2) is 0 Å². The number of nitrogens with one attached hydrogen (secondary N) is 1. The molecule has 0 aromatic rings. The minimum absolute atomic E-state index is 0.0925. The molecule has 4 nitrogen and oxygen atoms in total. The molecule has 0 aliphatic heterocycles. The molecule has 0 atom stereocenters. The lowest BCUT2D eigenvalue weighted by atomic mass is 9.89. The summed E-state index contributed by atoms with van der Waals surface area (Å²) in [5, 5.41) is 0. The van der Waals surface area contributed by atoms with E-state index in [1.807, 2.05) is 0 Å². The molecule has 0 heterocycles. The lowest BCUT2D eigenvalue weighted by molar-refractivity contribution is 0.327. The van der Waals surface area contributed by atoms with E-state index in [0.29, 0.717) is 0 Å². The zero-order valence-electron chi connectivity index (χ0n) is 6.58. The van der Waals surface area contributed by atoms with E-state index in [2.05, 4.69) is 4.72 Å². The highest BCUT2D eigenvalue weighted by atomic mass is 32.2. The average molecular weight is 178 g/mol. The minimum Gasteiger partial charge on any atom is -0.328 e. The van der Waals surface area contributed by atoms with Gasteiger partial charge in [0, 0.05) is 12.1 Å². The minimum atomic E-state index is -3.01. The van der Waals surface area contributed by atoms with Crippen LogP contribution in [0.4, 0.5) is 0 Å². The Morgan fingerprint density at radius 2 is 2.09 bits per heavy atom. The zero-order valence-corrected chi connectivity index (χ0v) is 7.39. The third-order valence-corrected chi connectivity index (χ3v) is 3.35. The van der Waals surface area contributed by atoms with Crippen LogP contribution >= 0.6 is 0 Å². The summed E-state index contributed by atoms with van der Waals surface area (Å²) in [6.45, 7) is 1.63. The predicted molar refractivity (Wildman–Crippen MR) is 43.6 cm³/mol. The Morgan fingerprint density at radius 3 is 2.45 bits per heavy atom. The molecule has 0 radical (unpaired) electrons. The maximum absolute atomic E-state index is 11.0. The van der Waals surface area contributed by atoms with Crippen molar-refractivity contribution in [3.05, 3.63) is 0 Å². The molecule has 1 aliphatic rings. The molecule has 0 saturated heterocycles. The van der Waals surface area contributed by atoms with E-state index < -0.39 is 10.0 Å². The van der Waals surface area contributed by atoms with Crippen molar-refractivity contribution in [3.8, 4) is 0 Å². The molecule has 0 spiro atoms. The SMILES string of the molecule is CCS(=O)(=O)NC1CC(N)C1. The van der Waals surface area contributed by atoms with Crippen LogP contribution in [0.1, 0.15) is 19.8 Å². The second-order valence-corrected chi connectivity index (χ2v) is 4.99. The average Bonchev–Trinajstić information content (AvgIpc) is 1.84. The molecule has 0 aromatic carbocycles. The maximum atomic E-state index is 11.0. The van der Waals surface area contributed by atoms with Crippen molar-refractivity contribution in [1.29, 1.82) is 0 Å². The van der Waals surface area contributed by atoms with Crippen LogP contribution in [0.2, 0.25) is 0 Å². The fourth-order valence-electron chi connectivity index (χ4n) is 1.10. The molecule has 1 saturated carbocycles. The first-order valence-electron chi connectivity index (χ1n) is 3.79. The summed E-state index contributed by atoms with van der Waals surface area (Å²) in [6, 6.07) is 0.287. The van der Waals surface area contributed by atoms with Gasteiger partial charge in [0.25, 0.3) is 0 Å². The Labute approximate surface area is 67.2 Å². The van der Waals surface area contributed by atoms with Gasteiger partial charge in [-0.1, -0.05) is 0 Å². The van der Waals surface area contributed by atoms with E-state index >= 15 is 0 Å². The molecule has 5 heteroatoms. The molecule has 0 bridgehead atoms. The van der Waals surface area contributed by atoms with E-state index in [1.165, 1.54) is 0 Å². The van der Waals surface area contributed by atoms with Crippen molar-refractivity contribution >= 4 is 10.0 Å². The summed E-state index contributed by atoms with van der Waals surface area (Å²) in [7, 11) is -3.01. The molecule has 1 fully saturated rings. The number of sulfonamides is 1. The van der Waals surface area contributed by atoms with Crippen molar-refractivity contribution in [1.82, 2.24) is 4.72 Å². The predicted octanol–water partition coefficient (Wildman–Crippen LogP) is -0.585. The summed E-state index contributed by atoms with van der Waals surface area (Å²) in [5.74, 6) is 0.152. The van der Waals surface area contributed by atoms with Crippen molar-refractivity contribution < 1.29 is 8.42 Å². The van der Waals surface area contributed by atoms with E-state index in [-0.39, 0.29) is 17.8 Å². The van der Waals surface area contributed by atoms with Gasteiger partial charge in [-0.25, -0.2) is 13.1 Å². The first kappa shape index (κ1) is 8.96. The lowest BCUT2D eigenvalue weighted by Gasteiger charge is -2.32. The fourth-order valence-corrected chi connectivity index (χ4v) is 1.96. The van der Waals surface area contributed by atoms with E-state index in [4.69, 9.17) is 5.73 Å². The Balaban J connectivity index is 2.33. The highest BCUT2D eigenvalue weighted by Crippen LogP contribution is 2.17. The van der Waals surface area contributed by atoms with E-state index in [0.717, 1.165) is 12.8 Å². The summed E-state index contributed by atoms with van der Waals surface area (Å²) < 4.78 is 24.5. The van der Waals surface area contributed by atoms with E-state index in [9.17, 15) is 8.42 Å². The molecular formula is C6H14N2O2S. The summed E-state index contributed by atoms with van der Waals surface area (Å²) in [4.78, 5) is 0. The second-order valence-electron chi connectivity index (χ2n) is 2.95. The Morgan fingerprint density at radius 1 is 1.55 bits per heavy atom. The zero-order chi connectivity index (χ0) is 8.48. The van der Waals surface area contributed by atoms with Crippen molar-refractivity contribution in [2.45, 2.75) is 31.8 Å². The Bertz CT molecular complexity index is 219. The highest BCUT2D eigenvalue weighted by molar-refractivity contribution is 7.89. The molecule has 66 valence electrons. The third-order valence-electron chi connectivity index (χ3n) is 1.90. The van der Waals surface area contributed by atoms with Crippen LogP contribution in [0.5, 0.6) is 0 Å². The maximum Gasteiger partial charge on any atom is 0.211 e. The Kier molecular flexibility index (Phi) is 2.51. The van der Waals surface area contributed by atoms with Crippen molar-refractivity contribution in [2.24, 2.45) is 5.73 Å². The number of nitrogens with two attached hydrogens (primary N) is 1. The monoisotopic (exact) mass is 178 g/mol. The van der Waals surface area contributed by atoms with Crippen LogP contribution in [0.25, 0.3) is 0 Å². The van der Waals surface area contributed by atoms with Gasteiger partial charge in [-0.3, -0.25) is 0 Å². The second kappa shape index (κ2) is 3.08. The number of hydrogen-bond donors (Lipinski definition) is 2. The quantitative estimate of drug-likeness (QED) is 0.607. The third kappa shape index (κ3) is 2.43. The van der Waals surface area contributed by atoms with Crippen LogP contribution in [-0.4, -0.2) is 26.3 Å². The van der Waals surface area contributed by atoms with Gasteiger partial charge in [0.15, 0.2) is 0 Å². The van der Waals surface area contributed by atoms with Gasteiger partial charge in [0.2, 0.25) is 10.0 Å². The summed E-state index contributed by atoms with van der Waals surface area (Å²) in [5.41, 5.74) is 5.49. The molecule has 0 unspecified atom stereocenters. The molecule has 1 aliphatic carbocycles. The van der Waals surface area contributed by atoms with Crippen molar-refractivity contribution in [2.75, 3.05) is 5.75 Å². The standard InChI is InChI=1S/C6H14N2O2S/c1-2-11(9,10)8-6-3-5(7)4-6/h5-6,8H,2-4,7H2,1H3. The lowest BCUT2D eigenvalue weighted by Crippen LogP contribution is -2.50. The molecule has 3 N–H and O–H groups in total. The normalized spacial score (nSPS) is 31.5. The first-order valence-corrected chi connectivity index (χ1v) is 5.44. The van der Waals surface area contributed by atoms with Gasteiger partial charge in [-0.15, -0.1) is 0 Å². The largest absolute Gasteiger partial charge is 0.328 e. The molecule has 0 amide bonds. The van der Waals surface area contributed by atoms with Crippen molar-refractivity contribution in [3.63, 3.8) is 0 Å². The summed E-state index contributed by atoms with van der Waals surface area (Å²) in [6.07, 6.45) is 1.55. The van der Waals surface area contributed by atoms with Crippen LogP contribution < -0.4 is 10.5 Å². The van der Waals surface area contributed by atoms with Gasteiger partial charge < -0.3 is 5.73 Å². The Hall–Kier alpha value is -0.130.